The first-order valence-corrected chi connectivity index (χ1v) is 14.4. The molecular weight excluding hydrogens is 550 g/mol. The van der Waals surface area contributed by atoms with Gasteiger partial charge in [0.15, 0.2) is 5.78 Å². The van der Waals surface area contributed by atoms with E-state index in [1.807, 2.05) is 36.7 Å². The summed E-state index contributed by atoms with van der Waals surface area (Å²) in [4.78, 5) is 56.7. The number of Topliss-reactive ketones (excluding diaryl/α,β-unsaturated/α-hetero) is 1. The Kier molecular flexibility index (Phi) is 11.5. The molecule has 11 nitrogen and oxygen atoms in total. The van der Waals surface area contributed by atoms with Crippen molar-refractivity contribution in [2.75, 3.05) is 33.0 Å². The number of ketones is 1. The Labute approximate surface area is 243 Å². The summed E-state index contributed by atoms with van der Waals surface area (Å²) < 4.78 is 10.1. The zero-order valence-electron chi connectivity index (χ0n) is 23.9. The quantitative estimate of drug-likeness (QED) is 0.281. The third kappa shape index (κ3) is 9.42. The highest BCUT2D eigenvalue weighted by Crippen LogP contribution is 2.29. The number of ether oxygens (including phenoxy) is 2. The van der Waals surface area contributed by atoms with Gasteiger partial charge >= 0.3 is 5.97 Å². The second-order valence-electron chi connectivity index (χ2n) is 11.2. The Bertz CT molecular complexity index is 1210. The molecule has 224 valence electrons. The molecule has 3 rings (SSSR count). The first-order valence-electron chi connectivity index (χ1n) is 13.5. The Morgan fingerprint density at radius 3 is 2.37 bits per heavy atom. The van der Waals surface area contributed by atoms with Crippen molar-refractivity contribution in [1.29, 1.82) is 0 Å². The van der Waals surface area contributed by atoms with Gasteiger partial charge in [0.1, 0.15) is 19.3 Å². The van der Waals surface area contributed by atoms with Crippen LogP contribution in [0, 0.1) is 12.3 Å². The van der Waals surface area contributed by atoms with Crippen molar-refractivity contribution < 1.29 is 38.9 Å². The summed E-state index contributed by atoms with van der Waals surface area (Å²) in [6.45, 7) is 6.60. The smallest absolute Gasteiger partial charge is 0.329 e. The van der Waals surface area contributed by atoms with Gasteiger partial charge in [0.25, 0.3) is 0 Å². The molecule has 1 aromatic carbocycles. The molecule has 2 amide bonds. The maximum Gasteiger partial charge on any atom is 0.329 e. The van der Waals surface area contributed by atoms with E-state index < -0.39 is 48.0 Å². The van der Waals surface area contributed by atoms with Crippen molar-refractivity contribution in [3.8, 4) is 10.4 Å². The number of carbonyl (C=O) groups excluding carboxylic acids is 3. The number of β-amino-alcohol motifs (C(OH)–C–C–N with tert-alkyl or cyclic N) is 1. The van der Waals surface area contributed by atoms with Crippen LogP contribution in [-0.2, 0) is 35.1 Å². The van der Waals surface area contributed by atoms with Gasteiger partial charge in [-0.25, -0.2) is 9.78 Å². The molecule has 0 bridgehead atoms. The fourth-order valence-electron chi connectivity index (χ4n) is 4.66. The molecular formula is C29H39N3O8S. The van der Waals surface area contributed by atoms with E-state index in [0.717, 1.165) is 21.7 Å². The van der Waals surface area contributed by atoms with E-state index in [4.69, 9.17) is 14.6 Å². The van der Waals surface area contributed by atoms with Crippen LogP contribution in [-0.4, -0.2) is 94.8 Å². The number of aryl methyl sites for hydroxylation is 2. The van der Waals surface area contributed by atoms with Crippen molar-refractivity contribution in [3.63, 3.8) is 0 Å². The van der Waals surface area contributed by atoms with Crippen LogP contribution < -0.4 is 5.32 Å². The van der Waals surface area contributed by atoms with E-state index >= 15 is 0 Å². The van der Waals surface area contributed by atoms with E-state index in [1.165, 1.54) is 4.90 Å². The van der Waals surface area contributed by atoms with Crippen molar-refractivity contribution in [2.45, 2.75) is 65.1 Å². The molecule has 2 heterocycles. The van der Waals surface area contributed by atoms with Crippen molar-refractivity contribution >= 4 is 34.9 Å². The first-order chi connectivity index (χ1) is 19.4. The van der Waals surface area contributed by atoms with Gasteiger partial charge in [0.2, 0.25) is 11.8 Å². The number of carboxylic acids is 1. The van der Waals surface area contributed by atoms with Gasteiger partial charge in [0.05, 0.1) is 41.4 Å². The SMILES string of the molecule is Cc1ncsc1-c1ccc(CCC(=O)[C@@H]2C[C@@H](O)CN2C(=O)[C@@H](NC(=O)COCCOCC(=O)O)C(C)(C)C)cc1. The molecule has 1 aliphatic heterocycles. The van der Waals surface area contributed by atoms with Crippen LogP contribution in [0.15, 0.2) is 29.8 Å². The zero-order valence-corrected chi connectivity index (χ0v) is 24.7. The third-order valence-electron chi connectivity index (χ3n) is 6.80. The number of hydrogen-bond donors (Lipinski definition) is 3. The fraction of sp³-hybridized carbons (Fsp3) is 0.552. The Balaban J connectivity index is 1.58. The summed E-state index contributed by atoms with van der Waals surface area (Å²) in [6.07, 6.45) is 0.0332. The van der Waals surface area contributed by atoms with Crippen LogP contribution in [0.5, 0.6) is 0 Å². The van der Waals surface area contributed by atoms with Crippen molar-refractivity contribution in [2.24, 2.45) is 5.41 Å². The lowest BCUT2D eigenvalue weighted by atomic mass is 9.85. The van der Waals surface area contributed by atoms with E-state index in [2.05, 4.69) is 10.3 Å². The fourth-order valence-corrected chi connectivity index (χ4v) is 5.47. The predicted molar refractivity (Wildman–Crippen MR) is 152 cm³/mol. The third-order valence-corrected chi connectivity index (χ3v) is 7.78. The number of aliphatic carboxylic acids is 1. The van der Waals surface area contributed by atoms with Crippen LogP contribution in [0.4, 0.5) is 0 Å². The monoisotopic (exact) mass is 589 g/mol. The molecule has 1 fully saturated rings. The highest BCUT2D eigenvalue weighted by atomic mass is 32.1. The zero-order chi connectivity index (χ0) is 30.2. The minimum atomic E-state index is -1.10. The number of aliphatic hydroxyl groups excluding tert-OH is 1. The van der Waals surface area contributed by atoms with Gasteiger partial charge in [-0.2, -0.15) is 0 Å². The second kappa shape index (κ2) is 14.6. The minimum Gasteiger partial charge on any atom is -0.480 e. The van der Waals surface area contributed by atoms with Crippen LogP contribution in [0.3, 0.4) is 0 Å². The van der Waals surface area contributed by atoms with E-state index in [-0.39, 0.29) is 45.0 Å². The number of nitrogens with one attached hydrogen (secondary N) is 1. The molecule has 1 aromatic heterocycles. The Hall–Kier alpha value is -3.19. The number of aliphatic hydroxyl groups is 1. The lowest BCUT2D eigenvalue weighted by molar-refractivity contribution is -0.144. The first kappa shape index (κ1) is 32.3. The van der Waals surface area contributed by atoms with Crippen LogP contribution in [0.25, 0.3) is 10.4 Å². The Morgan fingerprint density at radius 1 is 1.12 bits per heavy atom. The largest absolute Gasteiger partial charge is 0.480 e. The maximum absolute atomic E-state index is 13.6. The van der Waals surface area contributed by atoms with Gasteiger partial charge in [-0.05, 0) is 29.9 Å². The minimum absolute atomic E-state index is 0.00654. The molecule has 0 unspecified atom stereocenters. The van der Waals surface area contributed by atoms with Crippen LogP contribution in [0.2, 0.25) is 0 Å². The molecule has 3 N–H and O–H groups in total. The second-order valence-corrected chi connectivity index (χ2v) is 12.0. The molecule has 1 aliphatic rings. The van der Waals surface area contributed by atoms with E-state index in [9.17, 15) is 24.3 Å². The van der Waals surface area contributed by atoms with Gasteiger partial charge in [-0.1, -0.05) is 45.0 Å². The van der Waals surface area contributed by atoms with E-state index in [1.54, 1.807) is 32.1 Å². The number of carboxylic acid groups (broad SMARTS) is 1. The number of benzene rings is 1. The van der Waals surface area contributed by atoms with Gasteiger partial charge in [0, 0.05) is 19.4 Å². The number of amides is 2. The molecule has 0 aliphatic carbocycles. The summed E-state index contributed by atoms with van der Waals surface area (Å²) in [5, 5.41) is 21.7. The van der Waals surface area contributed by atoms with Crippen molar-refractivity contribution in [1.82, 2.24) is 15.2 Å². The molecule has 3 atom stereocenters. The van der Waals surface area contributed by atoms with Gasteiger partial charge in [-0.15, -0.1) is 11.3 Å². The highest BCUT2D eigenvalue weighted by molar-refractivity contribution is 7.13. The molecule has 0 saturated carbocycles. The van der Waals surface area contributed by atoms with Gasteiger partial charge < -0.3 is 29.9 Å². The Morgan fingerprint density at radius 2 is 1.78 bits per heavy atom. The highest BCUT2D eigenvalue weighted by Gasteiger charge is 2.44. The number of likely N-dealkylation sites (tertiary alicyclic amines) is 1. The number of aromatic nitrogens is 1. The summed E-state index contributed by atoms with van der Waals surface area (Å²) in [7, 11) is 0. The van der Waals surface area contributed by atoms with Crippen molar-refractivity contribution in [3.05, 3.63) is 41.0 Å². The normalized spacial score (nSPS) is 17.8. The average molecular weight is 590 g/mol. The van der Waals surface area contributed by atoms with Gasteiger partial charge in [-0.3, -0.25) is 14.4 Å². The summed E-state index contributed by atoms with van der Waals surface area (Å²) >= 11 is 1.58. The van der Waals surface area contributed by atoms with E-state index in [0.29, 0.717) is 6.42 Å². The lowest BCUT2D eigenvalue weighted by Gasteiger charge is -2.35. The number of thiazole rings is 1. The summed E-state index contributed by atoms with van der Waals surface area (Å²) in [6, 6.07) is 6.27. The number of carbonyl (C=O) groups is 4. The molecule has 2 aromatic rings. The molecule has 41 heavy (non-hydrogen) atoms. The maximum atomic E-state index is 13.6. The molecule has 12 heteroatoms. The topological polar surface area (TPSA) is 155 Å². The molecule has 1 saturated heterocycles. The summed E-state index contributed by atoms with van der Waals surface area (Å²) in [5.74, 6) is -2.21. The molecule has 0 radical (unpaired) electrons. The van der Waals surface area contributed by atoms with Crippen LogP contribution in [0.1, 0.15) is 44.9 Å². The molecule has 0 spiro atoms. The number of hydrogen-bond acceptors (Lipinski definition) is 9. The standard InChI is InChI=1S/C29H39N3O8S/c1-18-26(41-17-30-18)20-8-5-19(6-9-20)7-10-23(34)22-13-21(33)14-32(22)28(38)27(29(2,3)4)31-24(35)15-39-11-12-40-16-25(36)37/h5-6,8-9,17,21-22,27,33H,7,10-16H2,1-4H3,(H,31,35)(H,36,37)/t21-,22+,27-/m1/s1. The predicted octanol–water partition coefficient (Wildman–Crippen LogP) is 2.23. The lowest BCUT2D eigenvalue weighted by Crippen LogP contribution is -2.57. The average Bonchev–Trinajstić information content (AvgIpc) is 3.52. The van der Waals surface area contributed by atoms with Crippen LogP contribution >= 0.6 is 11.3 Å². The summed E-state index contributed by atoms with van der Waals surface area (Å²) in [5.41, 5.74) is 4.17. The number of rotatable bonds is 14. The number of nitrogens with zero attached hydrogens (tertiary/aromatic N) is 2.